The molecule has 0 unspecified atom stereocenters. The van der Waals surface area contributed by atoms with Crippen molar-refractivity contribution in [1.82, 2.24) is 14.5 Å². The average Bonchev–Trinajstić information content (AvgIpc) is 3.05. The number of thiophene rings is 1. The zero-order valence-corrected chi connectivity index (χ0v) is 19.4. The second-order valence-electron chi connectivity index (χ2n) is 8.60. The quantitative estimate of drug-likeness (QED) is 0.602. The number of ether oxygens (including phenoxy) is 1. The van der Waals surface area contributed by atoms with E-state index in [0.29, 0.717) is 24.8 Å². The smallest absolute Gasteiger partial charge is 0.262 e. The average molecular weight is 442 g/mol. The molecule has 0 radical (unpaired) electrons. The Morgan fingerprint density at radius 2 is 1.97 bits per heavy atom. The van der Waals surface area contributed by atoms with Gasteiger partial charge in [-0.25, -0.2) is 4.98 Å². The fraction of sp³-hybridized carbons (Fsp3) is 0.500. The summed E-state index contributed by atoms with van der Waals surface area (Å²) in [6.45, 7) is 9.45. The Bertz CT molecular complexity index is 1110. The van der Waals surface area contributed by atoms with Crippen molar-refractivity contribution in [3.63, 3.8) is 0 Å². The summed E-state index contributed by atoms with van der Waals surface area (Å²) < 4.78 is 7.48. The maximum Gasteiger partial charge on any atom is 0.262 e. The topological polar surface area (TPSA) is 67.6 Å². The van der Waals surface area contributed by atoms with Gasteiger partial charge in [-0.3, -0.25) is 14.3 Å². The first-order valence-corrected chi connectivity index (χ1v) is 11.8. The highest BCUT2D eigenvalue weighted by molar-refractivity contribution is 7.18. The number of aromatic nitrogens is 2. The minimum absolute atomic E-state index is 0.0512. The molecule has 0 aliphatic carbocycles. The predicted molar refractivity (Wildman–Crippen MR) is 125 cm³/mol. The van der Waals surface area contributed by atoms with Gasteiger partial charge in [0.2, 0.25) is 0 Å². The van der Waals surface area contributed by atoms with Crippen molar-refractivity contribution in [2.75, 3.05) is 19.7 Å². The lowest BCUT2D eigenvalue weighted by molar-refractivity contribution is -0.0365. The predicted octanol–water partition coefficient (Wildman–Crippen LogP) is 3.89. The Morgan fingerprint density at radius 1 is 1.23 bits per heavy atom. The van der Waals surface area contributed by atoms with Crippen LogP contribution in [0, 0.1) is 13.8 Å². The van der Waals surface area contributed by atoms with Crippen molar-refractivity contribution in [3.05, 3.63) is 57.0 Å². The normalized spacial score (nSPS) is 16.6. The van der Waals surface area contributed by atoms with Crippen LogP contribution >= 0.6 is 11.3 Å². The third kappa shape index (κ3) is 4.68. The highest BCUT2D eigenvalue weighted by Crippen LogP contribution is 2.29. The third-order valence-electron chi connectivity index (χ3n) is 6.24. The number of likely N-dealkylation sites (tertiary alicyclic amines) is 1. The summed E-state index contributed by atoms with van der Waals surface area (Å²) in [6, 6.07) is 8.17. The zero-order valence-electron chi connectivity index (χ0n) is 18.6. The van der Waals surface area contributed by atoms with Crippen LogP contribution < -0.4 is 10.3 Å². The minimum atomic E-state index is -0.896. The molecule has 6 nitrogen and oxygen atoms in total. The molecule has 7 heteroatoms. The van der Waals surface area contributed by atoms with Gasteiger partial charge >= 0.3 is 0 Å². The van der Waals surface area contributed by atoms with E-state index in [1.165, 1.54) is 5.56 Å². The van der Waals surface area contributed by atoms with E-state index in [1.807, 2.05) is 32.0 Å². The van der Waals surface area contributed by atoms with Crippen LogP contribution in [0.15, 0.2) is 35.4 Å². The molecule has 0 saturated carbocycles. The summed E-state index contributed by atoms with van der Waals surface area (Å²) in [5.74, 6) is 0.942. The van der Waals surface area contributed by atoms with Crippen LogP contribution in [0.5, 0.6) is 5.75 Å². The molecule has 1 saturated heterocycles. The first kappa shape index (κ1) is 22.0. The van der Waals surface area contributed by atoms with Crippen LogP contribution in [-0.2, 0) is 13.1 Å². The molecule has 1 aliphatic rings. The van der Waals surface area contributed by atoms with Gasteiger partial charge in [0.25, 0.3) is 5.56 Å². The molecule has 4 rings (SSSR count). The van der Waals surface area contributed by atoms with E-state index in [9.17, 15) is 9.90 Å². The van der Waals surface area contributed by atoms with Crippen LogP contribution in [0.3, 0.4) is 0 Å². The maximum atomic E-state index is 13.0. The van der Waals surface area contributed by atoms with Gasteiger partial charge in [0.1, 0.15) is 10.6 Å². The lowest BCUT2D eigenvalue weighted by atomic mass is 9.91. The van der Waals surface area contributed by atoms with Gasteiger partial charge in [-0.1, -0.05) is 25.1 Å². The maximum absolute atomic E-state index is 13.0. The lowest BCUT2D eigenvalue weighted by Crippen LogP contribution is -2.47. The molecule has 31 heavy (non-hydrogen) atoms. The van der Waals surface area contributed by atoms with Crippen molar-refractivity contribution in [1.29, 1.82) is 0 Å². The van der Waals surface area contributed by atoms with Crippen molar-refractivity contribution < 1.29 is 9.84 Å². The van der Waals surface area contributed by atoms with E-state index in [0.717, 1.165) is 47.1 Å². The number of aliphatic hydroxyl groups is 1. The fourth-order valence-corrected chi connectivity index (χ4v) is 5.20. The Hall–Kier alpha value is -2.22. The fourth-order valence-electron chi connectivity index (χ4n) is 4.21. The van der Waals surface area contributed by atoms with Crippen LogP contribution in [0.4, 0.5) is 0 Å². The number of piperidine rings is 1. The van der Waals surface area contributed by atoms with Gasteiger partial charge in [-0.05, 0) is 44.7 Å². The second kappa shape index (κ2) is 9.10. The van der Waals surface area contributed by atoms with Gasteiger partial charge in [0.15, 0.2) is 0 Å². The molecule has 0 amide bonds. The molecular weight excluding hydrogens is 410 g/mol. The standard InChI is InChI=1S/C24H31N3O3S/c1-4-13-30-20-8-6-5-7-19(20)14-26-11-9-24(29,10-12-26)15-27-16-25-22-21(23(27)28)17(2)18(3)31-22/h5-8,16,29H,4,9-15H2,1-3H3. The molecule has 3 aromatic rings. The molecule has 0 atom stereocenters. The Balaban J connectivity index is 1.43. The molecule has 1 fully saturated rings. The number of nitrogens with zero attached hydrogens (tertiary/aromatic N) is 3. The van der Waals surface area contributed by atoms with Crippen molar-refractivity contribution in [2.45, 2.75) is 58.7 Å². The van der Waals surface area contributed by atoms with Crippen molar-refractivity contribution in [2.24, 2.45) is 0 Å². The molecule has 1 N–H and O–H groups in total. The zero-order chi connectivity index (χ0) is 22.0. The van der Waals surface area contributed by atoms with Crippen LogP contribution in [-0.4, -0.2) is 44.9 Å². The summed E-state index contributed by atoms with van der Waals surface area (Å²) in [5, 5.41) is 11.9. The highest BCUT2D eigenvalue weighted by Gasteiger charge is 2.33. The van der Waals surface area contributed by atoms with Crippen molar-refractivity contribution in [3.8, 4) is 5.75 Å². The molecule has 0 bridgehead atoms. The van der Waals surface area contributed by atoms with Gasteiger partial charge in [0.05, 0.1) is 30.5 Å². The van der Waals surface area contributed by atoms with E-state index in [-0.39, 0.29) is 12.1 Å². The van der Waals surface area contributed by atoms with E-state index in [2.05, 4.69) is 22.9 Å². The number of fused-ring (bicyclic) bond motifs is 1. The Morgan fingerprint density at radius 3 is 2.71 bits per heavy atom. The van der Waals surface area contributed by atoms with Crippen LogP contribution in [0.1, 0.15) is 42.2 Å². The number of para-hydroxylation sites is 1. The van der Waals surface area contributed by atoms with Gasteiger partial charge in [-0.15, -0.1) is 11.3 Å². The molecular formula is C24H31N3O3S. The van der Waals surface area contributed by atoms with Crippen molar-refractivity contribution >= 4 is 21.6 Å². The van der Waals surface area contributed by atoms with E-state index < -0.39 is 5.60 Å². The number of hydrogen-bond donors (Lipinski definition) is 1. The summed E-state index contributed by atoms with van der Waals surface area (Å²) in [6.07, 6.45) is 3.81. The molecule has 0 spiro atoms. The number of rotatable bonds is 7. The lowest BCUT2D eigenvalue weighted by Gasteiger charge is -2.38. The molecule has 1 aromatic carbocycles. The Labute approximate surface area is 187 Å². The number of benzene rings is 1. The SMILES string of the molecule is CCCOc1ccccc1CN1CCC(O)(Cn2cnc3sc(C)c(C)c3c2=O)CC1. The van der Waals surface area contributed by atoms with Crippen LogP contribution in [0.25, 0.3) is 10.2 Å². The molecule has 2 aromatic heterocycles. The summed E-state index contributed by atoms with van der Waals surface area (Å²) >= 11 is 1.55. The van der Waals surface area contributed by atoms with E-state index >= 15 is 0 Å². The largest absolute Gasteiger partial charge is 0.493 e. The molecule has 3 heterocycles. The van der Waals surface area contributed by atoms with Gasteiger partial charge in [-0.2, -0.15) is 0 Å². The monoisotopic (exact) mass is 441 g/mol. The summed E-state index contributed by atoms with van der Waals surface area (Å²) in [4.78, 5) is 21.7. The number of hydrogen-bond acceptors (Lipinski definition) is 6. The van der Waals surface area contributed by atoms with Gasteiger partial charge < -0.3 is 9.84 Å². The van der Waals surface area contributed by atoms with Crippen LogP contribution in [0.2, 0.25) is 0 Å². The van der Waals surface area contributed by atoms with E-state index in [1.54, 1.807) is 22.2 Å². The molecule has 166 valence electrons. The highest BCUT2D eigenvalue weighted by atomic mass is 32.1. The summed E-state index contributed by atoms with van der Waals surface area (Å²) in [5.41, 5.74) is 1.23. The van der Waals surface area contributed by atoms with E-state index in [4.69, 9.17) is 4.74 Å². The van der Waals surface area contributed by atoms with Gasteiger partial charge in [0, 0.05) is 30.1 Å². The number of aryl methyl sites for hydroxylation is 2. The first-order chi connectivity index (χ1) is 14.9. The molecule has 1 aliphatic heterocycles. The minimum Gasteiger partial charge on any atom is -0.493 e. The first-order valence-electron chi connectivity index (χ1n) is 11.0. The summed E-state index contributed by atoms with van der Waals surface area (Å²) in [7, 11) is 0. The Kier molecular flexibility index (Phi) is 6.46. The second-order valence-corrected chi connectivity index (χ2v) is 9.80. The third-order valence-corrected chi connectivity index (χ3v) is 7.35.